The normalized spacial score (nSPS) is 11.0. The van der Waals surface area contributed by atoms with Crippen LogP contribution in [0.25, 0.3) is 16.7 Å². The van der Waals surface area contributed by atoms with E-state index in [4.69, 9.17) is 27.9 Å². The first-order valence-corrected chi connectivity index (χ1v) is 7.91. The van der Waals surface area contributed by atoms with Gasteiger partial charge in [-0.25, -0.2) is 4.98 Å². The maximum Gasteiger partial charge on any atom is 0.143 e. The van der Waals surface area contributed by atoms with Crippen LogP contribution in [0.5, 0.6) is 5.75 Å². The highest BCUT2D eigenvalue weighted by Gasteiger charge is 2.16. The van der Waals surface area contributed by atoms with E-state index in [1.54, 1.807) is 13.2 Å². The molecule has 0 N–H and O–H groups in total. The van der Waals surface area contributed by atoms with Gasteiger partial charge in [-0.2, -0.15) is 0 Å². The molecule has 21 heavy (non-hydrogen) atoms. The Balaban J connectivity index is 2.38. The van der Waals surface area contributed by atoms with Gasteiger partial charge in [0.25, 0.3) is 0 Å². The monoisotopic (exact) mass is 384 g/mol. The summed E-state index contributed by atoms with van der Waals surface area (Å²) in [5.74, 6) is 1.75. The molecule has 1 aromatic heterocycles. The predicted molar refractivity (Wildman–Crippen MR) is 89.9 cm³/mol. The third kappa shape index (κ3) is 2.63. The zero-order chi connectivity index (χ0) is 15.0. The van der Waals surface area contributed by atoms with Crippen LogP contribution in [0.2, 0.25) is 5.02 Å². The third-order valence-electron chi connectivity index (χ3n) is 3.19. The van der Waals surface area contributed by atoms with Gasteiger partial charge in [0.15, 0.2) is 0 Å². The number of imidazole rings is 1. The Bertz CT molecular complexity index is 817. The average Bonchev–Trinajstić information content (AvgIpc) is 2.84. The molecule has 0 saturated heterocycles. The van der Waals surface area contributed by atoms with Gasteiger partial charge in [0.2, 0.25) is 0 Å². The van der Waals surface area contributed by atoms with Crippen molar-refractivity contribution in [1.82, 2.24) is 9.55 Å². The van der Waals surface area contributed by atoms with Crippen molar-refractivity contribution < 1.29 is 4.74 Å². The van der Waals surface area contributed by atoms with Crippen molar-refractivity contribution in [1.29, 1.82) is 0 Å². The number of rotatable bonds is 3. The van der Waals surface area contributed by atoms with E-state index in [1.165, 1.54) is 0 Å². The van der Waals surface area contributed by atoms with Gasteiger partial charge in [-0.15, -0.1) is 11.6 Å². The molecule has 0 aliphatic heterocycles. The molecule has 3 rings (SSSR count). The summed E-state index contributed by atoms with van der Waals surface area (Å²) in [6.45, 7) is 0. The number of halogens is 3. The summed E-state index contributed by atoms with van der Waals surface area (Å²) in [5, 5.41) is 0.628. The minimum atomic E-state index is 0.294. The molecule has 3 nitrogen and oxygen atoms in total. The number of fused-ring (bicyclic) bond motifs is 1. The molecule has 0 saturated carbocycles. The second-order valence-corrected chi connectivity index (χ2v) is 6.07. The highest BCUT2D eigenvalue weighted by molar-refractivity contribution is 9.10. The van der Waals surface area contributed by atoms with Crippen molar-refractivity contribution in [2.75, 3.05) is 7.11 Å². The Morgan fingerprint density at radius 1 is 1.24 bits per heavy atom. The molecule has 0 fully saturated rings. The molecule has 0 aliphatic carbocycles. The molecule has 0 amide bonds. The van der Waals surface area contributed by atoms with Gasteiger partial charge < -0.3 is 4.74 Å². The van der Waals surface area contributed by atoms with Crippen molar-refractivity contribution in [3.63, 3.8) is 0 Å². The SMILES string of the molecule is COc1ccc(Cl)cc1-n1c(CCl)nc2ccc(Br)cc21. The highest BCUT2D eigenvalue weighted by Crippen LogP contribution is 2.32. The fraction of sp³-hybridized carbons (Fsp3) is 0.133. The molecular weight excluding hydrogens is 375 g/mol. The van der Waals surface area contributed by atoms with Crippen LogP contribution in [0.15, 0.2) is 40.9 Å². The fourth-order valence-corrected chi connectivity index (χ4v) is 2.99. The molecule has 0 unspecified atom stereocenters. The maximum atomic E-state index is 6.14. The number of hydrogen-bond acceptors (Lipinski definition) is 2. The molecule has 0 radical (unpaired) electrons. The Labute approximate surface area is 140 Å². The second-order valence-electron chi connectivity index (χ2n) is 4.45. The van der Waals surface area contributed by atoms with E-state index in [-0.39, 0.29) is 0 Å². The van der Waals surface area contributed by atoms with Gasteiger partial charge in [-0.3, -0.25) is 4.57 Å². The van der Waals surface area contributed by atoms with Gasteiger partial charge in [0.05, 0.1) is 29.7 Å². The Kier molecular flexibility index (Phi) is 4.11. The minimum absolute atomic E-state index is 0.294. The summed E-state index contributed by atoms with van der Waals surface area (Å²) in [7, 11) is 1.63. The van der Waals surface area contributed by atoms with Gasteiger partial charge in [-0.05, 0) is 36.4 Å². The predicted octanol–water partition coefficient (Wildman–Crippen LogP) is 5.19. The molecule has 0 bridgehead atoms. The van der Waals surface area contributed by atoms with E-state index >= 15 is 0 Å². The number of methoxy groups -OCH3 is 1. The van der Waals surface area contributed by atoms with Crippen molar-refractivity contribution in [3.8, 4) is 11.4 Å². The summed E-state index contributed by atoms with van der Waals surface area (Å²) in [4.78, 5) is 4.57. The van der Waals surface area contributed by atoms with Crippen LogP contribution in [0.1, 0.15) is 5.82 Å². The van der Waals surface area contributed by atoms with Crippen LogP contribution in [-0.2, 0) is 5.88 Å². The van der Waals surface area contributed by atoms with E-state index in [1.807, 2.05) is 34.9 Å². The molecular formula is C15H11BrCl2N2O. The Hall–Kier alpha value is -1.23. The van der Waals surface area contributed by atoms with Crippen LogP contribution in [0.4, 0.5) is 0 Å². The molecule has 6 heteroatoms. The minimum Gasteiger partial charge on any atom is -0.495 e. The lowest BCUT2D eigenvalue weighted by molar-refractivity contribution is 0.413. The van der Waals surface area contributed by atoms with Crippen molar-refractivity contribution in [2.45, 2.75) is 5.88 Å². The molecule has 1 heterocycles. The largest absolute Gasteiger partial charge is 0.495 e. The number of alkyl halides is 1. The van der Waals surface area contributed by atoms with Crippen molar-refractivity contribution in [3.05, 3.63) is 51.7 Å². The summed E-state index contributed by atoms with van der Waals surface area (Å²) >= 11 is 15.7. The highest BCUT2D eigenvalue weighted by atomic mass is 79.9. The van der Waals surface area contributed by atoms with Crippen molar-refractivity contribution in [2.24, 2.45) is 0 Å². The number of hydrogen-bond donors (Lipinski definition) is 0. The molecule has 2 aromatic carbocycles. The number of benzene rings is 2. The Morgan fingerprint density at radius 3 is 2.76 bits per heavy atom. The lowest BCUT2D eigenvalue weighted by Crippen LogP contribution is -2.02. The zero-order valence-corrected chi connectivity index (χ0v) is 14.2. The first-order chi connectivity index (χ1) is 10.1. The van der Waals surface area contributed by atoms with E-state index in [2.05, 4.69) is 20.9 Å². The number of ether oxygens (including phenoxy) is 1. The van der Waals surface area contributed by atoms with Crippen LogP contribution >= 0.6 is 39.1 Å². The lowest BCUT2D eigenvalue weighted by Gasteiger charge is -2.13. The zero-order valence-electron chi connectivity index (χ0n) is 11.1. The topological polar surface area (TPSA) is 27.1 Å². The van der Waals surface area contributed by atoms with Crippen LogP contribution in [-0.4, -0.2) is 16.7 Å². The standard InChI is InChI=1S/C15H11BrCl2N2O/c1-21-14-5-3-10(18)7-13(14)20-12-6-9(16)2-4-11(12)19-15(20)8-17/h2-7H,8H2,1H3. The van der Waals surface area contributed by atoms with E-state index < -0.39 is 0 Å². The maximum absolute atomic E-state index is 6.14. The molecule has 0 spiro atoms. The smallest absolute Gasteiger partial charge is 0.143 e. The van der Waals surface area contributed by atoms with Crippen LogP contribution < -0.4 is 4.74 Å². The number of nitrogens with zero attached hydrogens (tertiary/aromatic N) is 2. The van der Waals surface area contributed by atoms with Gasteiger partial charge in [0, 0.05) is 9.50 Å². The van der Waals surface area contributed by atoms with Crippen molar-refractivity contribution >= 4 is 50.2 Å². The van der Waals surface area contributed by atoms with Crippen LogP contribution in [0.3, 0.4) is 0 Å². The molecule has 0 aliphatic rings. The first-order valence-electron chi connectivity index (χ1n) is 6.21. The summed E-state index contributed by atoms with van der Waals surface area (Å²) < 4.78 is 8.38. The van der Waals surface area contributed by atoms with E-state index in [9.17, 15) is 0 Å². The van der Waals surface area contributed by atoms with Gasteiger partial charge in [-0.1, -0.05) is 27.5 Å². The lowest BCUT2D eigenvalue weighted by atomic mass is 10.2. The summed E-state index contributed by atoms with van der Waals surface area (Å²) in [5.41, 5.74) is 2.64. The van der Waals surface area contributed by atoms with Gasteiger partial charge in [0.1, 0.15) is 11.6 Å². The second kappa shape index (κ2) is 5.87. The Morgan fingerprint density at radius 2 is 2.05 bits per heavy atom. The molecule has 3 aromatic rings. The summed E-state index contributed by atoms with van der Waals surface area (Å²) in [6, 6.07) is 11.4. The number of aromatic nitrogens is 2. The first kappa shape index (κ1) is 14.7. The average molecular weight is 386 g/mol. The van der Waals surface area contributed by atoms with Crippen LogP contribution in [0, 0.1) is 0 Å². The van der Waals surface area contributed by atoms with E-state index in [0.29, 0.717) is 16.7 Å². The molecule has 108 valence electrons. The summed E-state index contributed by atoms with van der Waals surface area (Å²) in [6.07, 6.45) is 0. The third-order valence-corrected chi connectivity index (χ3v) is 4.15. The van der Waals surface area contributed by atoms with E-state index in [0.717, 1.165) is 27.0 Å². The fourth-order valence-electron chi connectivity index (χ4n) is 2.29. The molecule has 0 atom stereocenters. The quantitative estimate of drug-likeness (QED) is 0.580. The van der Waals surface area contributed by atoms with Gasteiger partial charge >= 0.3 is 0 Å².